The van der Waals surface area contributed by atoms with Gasteiger partial charge in [0.25, 0.3) is 0 Å². The first-order valence-electron chi connectivity index (χ1n) is 8.69. The van der Waals surface area contributed by atoms with E-state index < -0.39 is 0 Å². The lowest BCUT2D eigenvalue weighted by molar-refractivity contribution is 0.112. The Morgan fingerprint density at radius 2 is 1.16 bits per heavy atom. The molecule has 1 rings (SSSR count). The van der Waals surface area contributed by atoms with Crippen LogP contribution in [0.5, 0.6) is 0 Å². The Hall–Kier alpha value is -1.76. The van der Waals surface area contributed by atoms with Crippen molar-refractivity contribution >= 4 is 18.3 Å². The van der Waals surface area contributed by atoms with Crippen molar-refractivity contribution in [3.8, 4) is 0 Å². The average molecular weight is 358 g/mol. The van der Waals surface area contributed by atoms with E-state index in [1.165, 1.54) is 18.2 Å². The molecule has 0 fully saturated rings. The molecule has 148 valence electrons. The van der Waals surface area contributed by atoms with Crippen molar-refractivity contribution < 1.29 is 14.7 Å². The van der Waals surface area contributed by atoms with Gasteiger partial charge in [-0.3, -0.25) is 9.59 Å². The Kier molecular flexibility index (Phi) is 30.4. The molecule has 0 heterocycles. The lowest BCUT2D eigenvalue weighted by Gasteiger charge is -1.95. The van der Waals surface area contributed by atoms with Crippen LogP contribution in [0.15, 0.2) is 18.2 Å². The molecule has 6 heteroatoms. The maximum absolute atomic E-state index is 10.3. The number of carbonyl (C=O) groups is 2. The number of anilines is 1. The summed E-state index contributed by atoms with van der Waals surface area (Å²) in [6.07, 6.45) is 0.974. The highest BCUT2D eigenvalue weighted by molar-refractivity contribution is 5.84. The van der Waals surface area contributed by atoms with Crippen LogP contribution >= 0.6 is 0 Å². The number of aliphatic hydroxyl groups is 1. The second-order valence-corrected chi connectivity index (χ2v) is 4.88. The third-order valence-corrected chi connectivity index (χ3v) is 2.08. The zero-order valence-electron chi connectivity index (χ0n) is 17.0. The SMILES string of the molecule is CC.CC.CC(C)CN.CC(O)CN.Nc1cc(C=O)cc(C=O)c1. The summed E-state index contributed by atoms with van der Waals surface area (Å²) in [6.45, 7) is 15.0. The number of aldehydes is 2. The molecule has 25 heavy (non-hydrogen) atoms. The van der Waals surface area contributed by atoms with Gasteiger partial charge in [-0.2, -0.15) is 0 Å². The number of benzene rings is 1. The van der Waals surface area contributed by atoms with Crippen molar-refractivity contribution in [2.75, 3.05) is 18.8 Å². The van der Waals surface area contributed by atoms with Gasteiger partial charge in [0.05, 0.1) is 6.10 Å². The first-order valence-corrected chi connectivity index (χ1v) is 8.69. The highest BCUT2D eigenvalue weighted by Crippen LogP contribution is 2.08. The van der Waals surface area contributed by atoms with Gasteiger partial charge in [0.2, 0.25) is 0 Å². The summed E-state index contributed by atoms with van der Waals surface area (Å²) in [6, 6.07) is 4.51. The number of hydrogen-bond donors (Lipinski definition) is 4. The minimum Gasteiger partial charge on any atom is -0.399 e. The Balaban J connectivity index is -0.000000134. The van der Waals surface area contributed by atoms with Crippen LogP contribution in [0.4, 0.5) is 5.69 Å². The molecule has 0 saturated carbocycles. The first-order chi connectivity index (χ1) is 11.8. The normalized spacial score (nSPS) is 9.40. The van der Waals surface area contributed by atoms with Gasteiger partial charge in [-0.1, -0.05) is 41.5 Å². The van der Waals surface area contributed by atoms with E-state index in [-0.39, 0.29) is 6.10 Å². The zero-order chi connectivity index (χ0) is 20.8. The summed E-state index contributed by atoms with van der Waals surface area (Å²) in [5, 5.41) is 8.24. The average Bonchev–Trinajstić information content (AvgIpc) is 2.65. The van der Waals surface area contributed by atoms with Crippen molar-refractivity contribution in [1.29, 1.82) is 0 Å². The first kappa shape index (κ1) is 31.1. The Labute approximate surface area is 153 Å². The molecule has 0 amide bonds. The zero-order valence-corrected chi connectivity index (χ0v) is 17.0. The molecule has 0 saturated heterocycles. The molecule has 1 aromatic carbocycles. The summed E-state index contributed by atoms with van der Waals surface area (Å²) < 4.78 is 0. The van der Waals surface area contributed by atoms with Crippen molar-refractivity contribution in [2.45, 2.75) is 54.6 Å². The molecule has 0 aliphatic rings. The molecule has 0 aromatic heterocycles. The molecule has 1 atom stereocenters. The number of hydrogen-bond acceptors (Lipinski definition) is 6. The molecule has 1 unspecified atom stereocenters. The fourth-order valence-corrected chi connectivity index (χ4v) is 0.838. The van der Waals surface area contributed by atoms with Gasteiger partial charge in [-0.15, -0.1) is 0 Å². The van der Waals surface area contributed by atoms with E-state index in [9.17, 15) is 9.59 Å². The molecule has 0 spiro atoms. The number of aliphatic hydroxyl groups excluding tert-OH is 1. The van der Waals surface area contributed by atoms with Crippen LogP contribution in [0.25, 0.3) is 0 Å². The van der Waals surface area contributed by atoms with E-state index in [4.69, 9.17) is 22.3 Å². The van der Waals surface area contributed by atoms with E-state index in [0.29, 0.717) is 41.8 Å². The summed E-state index contributed by atoms with van der Waals surface area (Å²) in [7, 11) is 0. The van der Waals surface area contributed by atoms with E-state index in [1.807, 2.05) is 27.7 Å². The second kappa shape index (κ2) is 24.5. The number of carbonyl (C=O) groups excluding carboxylic acids is 2. The fourth-order valence-electron chi connectivity index (χ4n) is 0.838. The van der Waals surface area contributed by atoms with Gasteiger partial charge in [-0.05, 0) is 37.6 Å². The molecule has 6 nitrogen and oxygen atoms in total. The van der Waals surface area contributed by atoms with Crippen molar-refractivity contribution in [3.63, 3.8) is 0 Å². The molecular formula is C19H39N3O3. The van der Waals surface area contributed by atoms with Crippen LogP contribution in [0, 0.1) is 5.92 Å². The fraction of sp³-hybridized carbons (Fsp3) is 0.579. The van der Waals surface area contributed by atoms with Crippen molar-refractivity contribution in [2.24, 2.45) is 17.4 Å². The third-order valence-electron chi connectivity index (χ3n) is 2.08. The molecule has 7 N–H and O–H groups in total. The molecule has 0 aliphatic heterocycles. The summed E-state index contributed by atoms with van der Waals surface area (Å²) >= 11 is 0. The second-order valence-electron chi connectivity index (χ2n) is 4.88. The van der Waals surface area contributed by atoms with E-state index in [0.717, 1.165) is 6.54 Å². The smallest absolute Gasteiger partial charge is 0.150 e. The summed E-state index contributed by atoms with van der Waals surface area (Å²) in [5.41, 5.74) is 16.8. The lowest BCUT2D eigenvalue weighted by Crippen LogP contribution is -2.14. The minimum absolute atomic E-state index is 0.338. The Morgan fingerprint density at radius 3 is 1.32 bits per heavy atom. The topological polar surface area (TPSA) is 132 Å². The predicted octanol–water partition coefficient (Wildman–Crippen LogP) is 2.87. The van der Waals surface area contributed by atoms with E-state index in [2.05, 4.69) is 13.8 Å². The molecule has 0 bridgehead atoms. The highest BCUT2D eigenvalue weighted by Gasteiger charge is 1.95. The predicted molar refractivity (Wildman–Crippen MR) is 109 cm³/mol. The number of nitrogens with two attached hydrogens (primary N) is 3. The third kappa shape index (κ3) is 27.4. The summed E-state index contributed by atoms with van der Waals surface area (Å²) in [5.74, 6) is 0.662. The van der Waals surface area contributed by atoms with Gasteiger partial charge in [0.1, 0.15) is 12.6 Å². The van der Waals surface area contributed by atoms with Gasteiger partial charge in [-0.25, -0.2) is 0 Å². The molecule has 0 radical (unpaired) electrons. The monoisotopic (exact) mass is 357 g/mol. The molecule has 0 aliphatic carbocycles. The van der Waals surface area contributed by atoms with Crippen molar-refractivity contribution in [3.05, 3.63) is 29.3 Å². The Bertz CT molecular complexity index is 375. The van der Waals surface area contributed by atoms with Crippen LogP contribution in [0.2, 0.25) is 0 Å². The maximum Gasteiger partial charge on any atom is 0.150 e. The lowest BCUT2D eigenvalue weighted by atomic mass is 10.1. The van der Waals surface area contributed by atoms with E-state index >= 15 is 0 Å². The number of rotatable bonds is 4. The van der Waals surface area contributed by atoms with E-state index in [1.54, 1.807) is 6.92 Å². The van der Waals surface area contributed by atoms with Crippen LogP contribution in [0.3, 0.4) is 0 Å². The molecule has 1 aromatic rings. The minimum atomic E-state index is -0.338. The summed E-state index contributed by atoms with van der Waals surface area (Å²) in [4.78, 5) is 20.5. The molecular weight excluding hydrogens is 318 g/mol. The number of nitrogen functional groups attached to an aromatic ring is 1. The van der Waals surface area contributed by atoms with Gasteiger partial charge in [0.15, 0.2) is 0 Å². The van der Waals surface area contributed by atoms with Crippen LogP contribution in [-0.2, 0) is 0 Å². The van der Waals surface area contributed by atoms with Gasteiger partial charge < -0.3 is 22.3 Å². The van der Waals surface area contributed by atoms with Crippen molar-refractivity contribution in [1.82, 2.24) is 0 Å². The largest absolute Gasteiger partial charge is 0.399 e. The maximum atomic E-state index is 10.3. The van der Waals surface area contributed by atoms with Crippen LogP contribution in [0.1, 0.15) is 69.2 Å². The Morgan fingerprint density at radius 1 is 0.880 bits per heavy atom. The quantitative estimate of drug-likeness (QED) is 0.484. The van der Waals surface area contributed by atoms with Crippen LogP contribution < -0.4 is 17.2 Å². The standard InChI is InChI=1S/C8H7NO2.C4H11N.C3H9NO.2C2H6/c9-8-2-6(4-10)1-7(3-8)5-11;1-4(2)3-5;1-3(5)2-4;2*1-2/h1-5H,9H2;4H,3,5H2,1-2H3;3,5H,2,4H2,1H3;2*1-2H3. The van der Waals surface area contributed by atoms with Gasteiger partial charge >= 0.3 is 0 Å². The van der Waals surface area contributed by atoms with Crippen LogP contribution in [-0.4, -0.2) is 36.9 Å². The highest BCUT2D eigenvalue weighted by atomic mass is 16.3. The van der Waals surface area contributed by atoms with Gasteiger partial charge in [0, 0.05) is 23.4 Å².